The first-order valence-electron chi connectivity index (χ1n) is 7.10. The Morgan fingerprint density at radius 3 is 2.33 bits per heavy atom. The van der Waals surface area contributed by atoms with Crippen LogP contribution in [0.2, 0.25) is 0 Å². The predicted octanol–water partition coefficient (Wildman–Crippen LogP) is 1.79. The SMILES string of the molecule is CC(C)(C)OCC(=O)NCCN1CCCCCC1. The van der Waals surface area contributed by atoms with Crippen molar-refractivity contribution < 1.29 is 9.53 Å². The average molecular weight is 256 g/mol. The van der Waals surface area contributed by atoms with Crippen LogP contribution in [0.15, 0.2) is 0 Å². The number of carbonyl (C=O) groups is 1. The molecule has 4 heteroatoms. The summed E-state index contributed by atoms with van der Waals surface area (Å²) < 4.78 is 5.43. The number of carbonyl (C=O) groups excluding carboxylic acids is 1. The van der Waals surface area contributed by atoms with Gasteiger partial charge in [-0.1, -0.05) is 12.8 Å². The lowest BCUT2D eigenvalue weighted by atomic mass is 10.2. The zero-order chi connectivity index (χ0) is 13.4. The number of ether oxygens (including phenoxy) is 1. The van der Waals surface area contributed by atoms with Crippen LogP contribution in [0, 0.1) is 0 Å². The number of nitrogens with zero attached hydrogens (tertiary/aromatic N) is 1. The summed E-state index contributed by atoms with van der Waals surface area (Å²) in [5, 5.41) is 2.92. The highest BCUT2D eigenvalue weighted by molar-refractivity contribution is 5.77. The largest absolute Gasteiger partial charge is 0.366 e. The molecule has 106 valence electrons. The molecule has 0 aliphatic carbocycles. The molecule has 1 N–H and O–H groups in total. The van der Waals surface area contributed by atoms with Crippen LogP contribution in [0.5, 0.6) is 0 Å². The van der Waals surface area contributed by atoms with Gasteiger partial charge >= 0.3 is 0 Å². The zero-order valence-electron chi connectivity index (χ0n) is 12.1. The maximum atomic E-state index is 11.5. The third-order valence-corrected chi connectivity index (χ3v) is 3.09. The van der Waals surface area contributed by atoms with Crippen molar-refractivity contribution in [3.05, 3.63) is 0 Å². The molecule has 1 heterocycles. The maximum Gasteiger partial charge on any atom is 0.246 e. The fraction of sp³-hybridized carbons (Fsp3) is 0.929. The molecular weight excluding hydrogens is 228 g/mol. The van der Waals surface area contributed by atoms with E-state index in [0.29, 0.717) is 0 Å². The summed E-state index contributed by atoms with van der Waals surface area (Å²) >= 11 is 0. The molecule has 0 saturated carbocycles. The molecule has 1 rings (SSSR count). The normalized spacial score (nSPS) is 18.4. The Bertz CT molecular complexity index is 241. The number of likely N-dealkylation sites (tertiary alicyclic amines) is 1. The molecule has 1 saturated heterocycles. The van der Waals surface area contributed by atoms with Crippen LogP contribution in [0.4, 0.5) is 0 Å². The first-order chi connectivity index (χ1) is 8.47. The van der Waals surface area contributed by atoms with Gasteiger partial charge in [0.2, 0.25) is 5.91 Å². The number of nitrogens with one attached hydrogen (secondary N) is 1. The number of hydrogen-bond donors (Lipinski definition) is 1. The highest BCUT2D eigenvalue weighted by Crippen LogP contribution is 2.08. The quantitative estimate of drug-likeness (QED) is 0.815. The Kier molecular flexibility index (Phi) is 6.65. The minimum Gasteiger partial charge on any atom is -0.366 e. The second kappa shape index (κ2) is 7.74. The second-order valence-electron chi connectivity index (χ2n) is 6.01. The van der Waals surface area contributed by atoms with Crippen molar-refractivity contribution >= 4 is 5.91 Å². The van der Waals surface area contributed by atoms with E-state index >= 15 is 0 Å². The lowest BCUT2D eigenvalue weighted by Crippen LogP contribution is -2.38. The molecule has 0 aromatic rings. The van der Waals surface area contributed by atoms with Crippen molar-refractivity contribution in [1.82, 2.24) is 10.2 Å². The predicted molar refractivity (Wildman–Crippen MR) is 73.6 cm³/mol. The van der Waals surface area contributed by atoms with E-state index in [1.807, 2.05) is 20.8 Å². The highest BCUT2D eigenvalue weighted by atomic mass is 16.5. The molecule has 0 aromatic carbocycles. The van der Waals surface area contributed by atoms with Gasteiger partial charge < -0.3 is 15.0 Å². The summed E-state index contributed by atoms with van der Waals surface area (Å²) in [7, 11) is 0. The summed E-state index contributed by atoms with van der Waals surface area (Å²) in [4.78, 5) is 14.0. The maximum absolute atomic E-state index is 11.5. The summed E-state index contributed by atoms with van der Waals surface area (Å²) in [6, 6.07) is 0. The van der Waals surface area contributed by atoms with Gasteiger partial charge in [0, 0.05) is 13.1 Å². The van der Waals surface area contributed by atoms with Crippen LogP contribution in [0.3, 0.4) is 0 Å². The van der Waals surface area contributed by atoms with E-state index in [-0.39, 0.29) is 18.1 Å². The monoisotopic (exact) mass is 256 g/mol. The first kappa shape index (κ1) is 15.4. The van der Waals surface area contributed by atoms with Crippen LogP contribution in [0.25, 0.3) is 0 Å². The van der Waals surface area contributed by atoms with Gasteiger partial charge in [0.1, 0.15) is 6.61 Å². The Balaban J connectivity index is 2.07. The van der Waals surface area contributed by atoms with Crippen molar-refractivity contribution in [2.75, 3.05) is 32.8 Å². The van der Waals surface area contributed by atoms with Crippen LogP contribution in [-0.2, 0) is 9.53 Å². The number of rotatable bonds is 5. The molecule has 18 heavy (non-hydrogen) atoms. The van der Waals surface area contributed by atoms with Crippen LogP contribution >= 0.6 is 0 Å². The first-order valence-corrected chi connectivity index (χ1v) is 7.10. The van der Waals surface area contributed by atoms with E-state index in [9.17, 15) is 4.79 Å². The van der Waals surface area contributed by atoms with Crippen molar-refractivity contribution in [3.63, 3.8) is 0 Å². The summed E-state index contributed by atoms with van der Waals surface area (Å²) in [5.41, 5.74) is -0.248. The van der Waals surface area contributed by atoms with Crippen molar-refractivity contribution in [1.29, 1.82) is 0 Å². The number of hydrogen-bond acceptors (Lipinski definition) is 3. The molecule has 4 nitrogen and oxygen atoms in total. The third-order valence-electron chi connectivity index (χ3n) is 3.09. The van der Waals surface area contributed by atoms with Crippen LogP contribution < -0.4 is 5.32 Å². The Morgan fingerprint density at radius 2 is 1.78 bits per heavy atom. The van der Waals surface area contributed by atoms with E-state index in [4.69, 9.17) is 4.74 Å². The van der Waals surface area contributed by atoms with Crippen molar-refractivity contribution in [3.8, 4) is 0 Å². The molecular formula is C14H28N2O2. The van der Waals surface area contributed by atoms with Gasteiger partial charge in [-0.3, -0.25) is 4.79 Å². The fourth-order valence-corrected chi connectivity index (χ4v) is 2.05. The van der Waals surface area contributed by atoms with E-state index in [1.165, 1.54) is 38.8 Å². The standard InChI is InChI=1S/C14H28N2O2/c1-14(2,3)18-12-13(17)15-8-11-16-9-6-4-5-7-10-16/h4-12H2,1-3H3,(H,15,17). The molecule has 0 radical (unpaired) electrons. The van der Waals surface area contributed by atoms with Crippen molar-refractivity contribution in [2.24, 2.45) is 0 Å². The third kappa shape index (κ3) is 7.67. The van der Waals surface area contributed by atoms with E-state index < -0.39 is 0 Å². The summed E-state index contributed by atoms with van der Waals surface area (Å²) in [5.74, 6) is -0.0141. The highest BCUT2D eigenvalue weighted by Gasteiger charge is 2.13. The molecule has 0 unspecified atom stereocenters. The minimum atomic E-state index is -0.248. The van der Waals surface area contributed by atoms with Crippen LogP contribution in [-0.4, -0.2) is 49.2 Å². The lowest BCUT2D eigenvalue weighted by molar-refractivity contribution is -0.130. The Hall–Kier alpha value is -0.610. The van der Waals surface area contributed by atoms with Gasteiger partial charge in [0.25, 0.3) is 0 Å². The molecule has 1 amide bonds. The molecule has 1 aliphatic rings. The van der Waals surface area contributed by atoms with Gasteiger partial charge in [-0.05, 0) is 46.7 Å². The molecule has 0 spiro atoms. The van der Waals surface area contributed by atoms with E-state index in [0.717, 1.165) is 13.1 Å². The van der Waals surface area contributed by atoms with Gasteiger partial charge in [-0.25, -0.2) is 0 Å². The Labute approximate surface area is 111 Å². The topological polar surface area (TPSA) is 41.6 Å². The average Bonchev–Trinajstić information content (AvgIpc) is 2.54. The Morgan fingerprint density at radius 1 is 1.17 bits per heavy atom. The lowest BCUT2D eigenvalue weighted by Gasteiger charge is -2.21. The molecule has 1 fully saturated rings. The second-order valence-corrected chi connectivity index (χ2v) is 6.01. The number of amides is 1. The zero-order valence-corrected chi connectivity index (χ0v) is 12.1. The van der Waals surface area contributed by atoms with Gasteiger partial charge in [-0.15, -0.1) is 0 Å². The van der Waals surface area contributed by atoms with Crippen LogP contribution in [0.1, 0.15) is 46.5 Å². The smallest absolute Gasteiger partial charge is 0.246 e. The molecule has 1 aliphatic heterocycles. The van der Waals surface area contributed by atoms with E-state index in [2.05, 4.69) is 10.2 Å². The van der Waals surface area contributed by atoms with Gasteiger partial charge in [-0.2, -0.15) is 0 Å². The van der Waals surface area contributed by atoms with Gasteiger partial charge in [0.05, 0.1) is 5.60 Å². The van der Waals surface area contributed by atoms with Crippen molar-refractivity contribution in [2.45, 2.75) is 52.1 Å². The molecule has 0 aromatic heterocycles. The molecule has 0 atom stereocenters. The van der Waals surface area contributed by atoms with E-state index in [1.54, 1.807) is 0 Å². The summed E-state index contributed by atoms with van der Waals surface area (Å²) in [6.45, 7) is 10.1. The molecule has 0 bridgehead atoms. The van der Waals surface area contributed by atoms with Gasteiger partial charge in [0.15, 0.2) is 0 Å². The fourth-order valence-electron chi connectivity index (χ4n) is 2.05. The summed E-state index contributed by atoms with van der Waals surface area (Å²) in [6.07, 6.45) is 5.28. The minimum absolute atomic E-state index is 0.0141.